The number of nitrogens with zero attached hydrogens (tertiary/aromatic N) is 2. The van der Waals surface area contributed by atoms with Gasteiger partial charge in [-0.2, -0.15) is 4.98 Å². The Hall–Kier alpha value is -2.46. The van der Waals surface area contributed by atoms with E-state index in [1.54, 1.807) is 5.48 Å². The molecule has 0 radical (unpaired) electrons. The van der Waals surface area contributed by atoms with Gasteiger partial charge in [-0.1, -0.05) is 0 Å². The standard InChI is InChI=1S/C12H15N3O7/c1-6(16)21-8-5-20-11(10(8)22-7(2)17)15-4-3-9(14-19)13-12(15)18/h3-4,8,10-11,19H,5H2,1-2H3,(H,13,14,18)/t8-,10-,11?/m1/s1. The Kier molecular flexibility index (Phi) is 4.73. The molecule has 0 saturated carbocycles. The zero-order valence-electron chi connectivity index (χ0n) is 11.9. The van der Waals surface area contributed by atoms with Crippen molar-refractivity contribution in [1.82, 2.24) is 9.55 Å². The van der Waals surface area contributed by atoms with Gasteiger partial charge >= 0.3 is 17.6 Å². The van der Waals surface area contributed by atoms with Gasteiger partial charge in [0.1, 0.15) is 0 Å². The van der Waals surface area contributed by atoms with Crippen LogP contribution < -0.4 is 11.2 Å². The highest BCUT2D eigenvalue weighted by atomic mass is 16.6. The summed E-state index contributed by atoms with van der Waals surface area (Å²) in [5.74, 6) is -1.20. The SMILES string of the molecule is CC(=O)O[C@@H]1COC(n2ccc(NO)nc2=O)[C@@H]1OC(C)=O. The fourth-order valence-electron chi connectivity index (χ4n) is 2.11. The predicted molar refractivity (Wildman–Crippen MR) is 70.0 cm³/mol. The Bertz CT molecular complexity index is 629. The number of hydrogen-bond donors (Lipinski definition) is 2. The van der Waals surface area contributed by atoms with Crippen molar-refractivity contribution in [2.45, 2.75) is 32.3 Å². The lowest BCUT2D eigenvalue weighted by molar-refractivity contribution is -0.165. The van der Waals surface area contributed by atoms with Crippen molar-refractivity contribution >= 4 is 17.8 Å². The zero-order chi connectivity index (χ0) is 16.3. The third-order valence-electron chi connectivity index (χ3n) is 2.92. The third-order valence-corrected chi connectivity index (χ3v) is 2.92. The van der Waals surface area contributed by atoms with Gasteiger partial charge in [0.2, 0.25) is 0 Å². The summed E-state index contributed by atoms with van der Waals surface area (Å²) in [6.45, 7) is 2.38. The number of esters is 2. The van der Waals surface area contributed by atoms with Crippen LogP contribution in [0.2, 0.25) is 0 Å². The van der Waals surface area contributed by atoms with Crippen LogP contribution in [0.3, 0.4) is 0 Å². The van der Waals surface area contributed by atoms with Crippen molar-refractivity contribution in [2.24, 2.45) is 0 Å². The molecular weight excluding hydrogens is 298 g/mol. The van der Waals surface area contributed by atoms with Crippen LogP contribution in [0.25, 0.3) is 0 Å². The van der Waals surface area contributed by atoms with Crippen LogP contribution in [0, 0.1) is 0 Å². The molecule has 2 heterocycles. The van der Waals surface area contributed by atoms with Crippen molar-refractivity contribution in [3.05, 3.63) is 22.7 Å². The maximum Gasteiger partial charge on any atom is 0.351 e. The first kappa shape index (κ1) is 15.9. The van der Waals surface area contributed by atoms with Gasteiger partial charge in [0.25, 0.3) is 0 Å². The van der Waals surface area contributed by atoms with Crippen LogP contribution >= 0.6 is 0 Å². The second kappa shape index (κ2) is 6.54. The Morgan fingerprint density at radius 2 is 2.09 bits per heavy atom. The molecule has 1 aromatic heterocycles. The molecule has 1 aromatic rings. The maximum absolute atomic E-state index is 11.9. The summed E-state index contributed by atoms with van der Waals surface area (Å²) in [6, 6.07) is 1.33. The summed E-state index contributed by atoms with van der Waals surface area (Å²) >= 11 is 0. The molecule has 120 valence electrons. The van der Waals surface area contributed by atoms with Gasteiger partial charge in [-0.15, -0.1) is 0 Å². The van der Waals surface area contributed by atoms with E-state index in [2.05, 4.69) is 4.98 Å². The average Bonchev–Trinajstić information content (AvgIpc) is 2.80. The summed E-state index contributed by atoms with van der Waals surface area (Å²) in [7, 11) is 0. The molecule has 1 fully saturated rings. The number of carbonyl (C=O) groups is 2. The van der Waals surface area contributed by atoms with Gasteiger partial charge in [0, 0.05) is 20.0 Å². The molecule has 3 atom stereocenters. The van der Waals surface area contributed by atoms with Crippen molar-refractivity contribution in [1.29, 1.82) is 0 Å². The highest BCUT2D eigenvalue weighted by Crippen LogP contribution is 2.28. The first-order chi connectivity index (χ1) is 10.4. The van der Waals surface area contributed by atoms with E-state index in [0.29, 0.717) is 0 Å². The molecule has 1 saturated heterocycles. The molecule has 1 aliphatic heterocycles. The minimum atomic E-state index is -0.985. The second-order valence-corrected chi connectivity index (χ2v) is 4.56. The minimum Gasteiger partial charge on any atom is -0.456 e. The fourth-order valence-corrected chi connectivity index (χ4v) is 2.11. The number of anilines is 1. The molecule has 10 heteroatoms. The molecular formula is C12H15N3O7. The van der Waals surface area contributed by atoms with Crippen molar-refractivity contribution in [3.63, 3.8) is 0 Å². The Labute approximate surface area is 124 Å². The van der Waals surface area contributed by atoms with E-state index in [-0.39, 0.29) is 12.4 Å². The topological polar surface area (TPSA) is 129 Å². The molecule has 0 aliphatic carbocycles. The van der Waals surface area contributed by atoms with E-state index >= 15 is 0 Å². The van der Waals surface area contributed by atoms with Gasteiger partial charge in [0.05, 0.1) is 6.61 Å². The molecule has 1 unspecified atom stereocenters. The van der Waals surface area contributed by atoms with E-state index in [1.165, 1.54) is 26.1 Å². The summed E-state index contributed by atoms with van der Waals surface area (Å²) in [4.78, 5) is 37.8. The van der Waals surface area contributed by atoms with Crippen LogP contribution in [0.5, 0.6) is 0 Å². The number of ether oxygens (including phenoxy) is 3. The first-order valence-corrected chi connectivity index (χ1v) is 6.37. The van der Waals surface area contributed by atoms with E-state index in [4.69, 9.17) is 19.4 Å². The molecule has 0 bridgehead atoms. The molecule has 2 N–H and O–H groups in total. The second-order valence-electron chi connectivity index (χ2n) is 4.56. The van der Waals surface area contributed by atoms with Gasteiger partial charge < -0.3 is 14.2 Å². The maximum atomic E-state index is 11.9. The van der Waals surface area contributed by atoms with Gasteiger partial charge in [-0.05, 0) is 6.07 Å². The van der Waals surface area contributed by atoms with Crippen LogP contribution in [0.4, 0.5) is 5.82 Å². The van der Waals surface area contributed by atoms with Gasteiger partial charge in [0.15, 0.2) is 24.3 Å². The number of aromatic nitrogens is 2. The van der Waals surface area contributed by atoms with Crippen LogP contribution in [-0.4, -0.2) is 45.5 Å². The predicted octanol–water partition coefficient (Wildman–Crippen LogP) is -0.563. The highest BCUT2D eigenvalue weighted by molar-refractivity contribution is 5.67. The number of rotatable bonds is 4. The minimum absolute atomic E-state index is 0.0331. The normalized spacial score (nSPS) is 23.9. The molecule has 0 spiro atoms. The summed E-state index contributed by atoms with van der Waals surface area (Å²) in [5, 5.41) is 8.71. The van der Waals surface area contributed by atoms with Crippen LogP contribution in [0.1, 0.15) is 20.1 Å². The van der Waals surface area contributed by atoms with Gasteiger partial charge in [-0.3, -0.25) is 24.8 Å². The highest BCUT2D eigenvalue weighted by Gasteiger charge is 2.43. The number of nitrogens with one attached hydrogen (secondary N) is 1. The molecule has 0 amide bonds. The molecule has 0 aromatic carbocycles. The van der Waals surface area contributed by atoms with Gasteiger partial charge in [-0.25, -0.2) is 4.79 Å². The lowest BCUT2D eigenvalue weighted by Crippen LogP contribution is -2.39. The summed E-state index contributed by atoms with van der Waals surface area (Å²) in [6.07, 6.45) is -1.48. The molecule has 2 rings (SSSR count). The van der Waals surface area contributed by atoms with Crippen LogP contribution in [0.15, 0.2) is 17.1 Å². The number of hydrogen-bond acceptors (Lipinski definition) is 9. The summed E-state index contributed by atoms with van der Waals surface area (Å²) < 4.78 is 16.6. The average molecular weight is 313 g/mol. The Balaban J connectivity index is 2.30. The fraction of sp³-hybridized carbons (Fsp3) is 0.500. The molecule has 1 aliphatic rings. The first-order valence-electron chi connectivity index (χ1n) is 6.37. The Morgan fingerprint density at radius 3 is 2.64 bits per heavy atom. The third kappa shape index (κ3) is 3.40. The number of carbonyl (C=O) groups excluding carboxylic acids is 2. The monoisotopic (exact) mass is 313 g/mol. The van der Waals surface area contributed by atoms with E-state index in [0.717, 1.165) is 4.57 Å². The van der Waals surface area contributed by atoms with Crippen molar-refractivity contribution < 1.29 is 29.0 Å². The zero-order valence-corrected chi connectivity index (χ0v) is 11.9. The lowest BCUT2D eigenvalue weighted by Gasteiger charge is -2.23. The largest absolute Gasteiger partial charge is 0.456 e. The van der Waals surface area contributed by atoms with E-state index in [9.17, 15) is 14.4 Å². The van der Waals surface area contributed by atoms with Crippen molar-refractivity contribution in [2.75, 3.05) is 12.1 Å². The molecule has 10 nitrogen and oxygen atoms in total. The van der Waals surface area contributed by atoms with E-state index in [1.807, 2.05) is 0 Å². The molecule has 22 heavy (non-hydrogen) atoms. The smallest absolute Gasteiger partial charge is 0.351 e. The summed E-state index contributed by atoms with van der Waals surface area (Å²) in [5.41, 5.74) is 1.01. The van der Waals surface area contributed by atoms with E-state index < -0.39 is 36.1 Å². The Morgan fingerprint density at radius 1 is 1.41 bits per heavy atom. The lowest BCUT2D eigenvalue weighted by atomic mass is 10.2. The van der Waals surface area contributed by atoms with Crippen LogP contribution in [-0.2, 0) is 23.8 Å². The quantitative estimate of drug-likeness (QED) is 0.554. The van der Waals surface area contributed by atoms with Crippen molar-refractivity contribution in [3.8, 4) is 0 Å².